The maximum absolute atomic E-state index is 12.2. The number of benzene rings is 2. The van der Waals surface area contributed by atoms with E-state index in [2.05, 4.69) is 33.2 Å². The summed E-state index contributed by atoms with van der Waals surface area (Å²) in [5, 5.41) is 5.51. The third-order valence-corrected chi connectivity index (χ3v) is 4.04. The topological polar surface area (TPSA) is 58.2 Å². The smallest absolute Gasteiger partial charge is 0.255 e. The summed E-state index contributed by atoms with van der Waals surface area (Å²) in [5.74, 6) is -0.373. The minimum Gasteiger partial charge on any atom is -0.326 e. The van der Waals surface area contributed by atoms with Crippen LogP contribution in [-0.4, -0.2) is 11.8 Å². The Labute approximate surface area is 137 Å². The van der Waals surface area contributed by atoms with Crippen LogP contribution in [0.4, 0.5) is 11.4 Å². The van der Waals surface area contributed by atoms with E-state index in [1.54, 1.807) is 24.3 Å². The molecule has 4 nitrogen and oxygen atoms in total. The summed E-state index contributed by atoms with van der Waals surface area (Å²) in [7, 11) is 0. The molecular weight excluding hydrogens is 379 g/mol. The van der Waals surface area contributed by atoms with Crippen molar-refractivity contribution >= 4 is 45.8 Å². The lowest BCUT2D eigenvalue weighted by molar-refractivity contribution is -0.114. The van der Waals surface area contributed by atoms with E-state index in [0.29, 0.717) is 11.3 Å². The molecule has 2 N–H and O–H groups in total. The molecule has 0 atom stereocenters. The number of rotatable bonds is 3. The lowest BCUT2D eigenvalue weighted by Crippen LogP contribution is -2.13. The molecule has 0 saturated carbocycles. The Kier molecular flexibility index (Phi) is 4.95. The summed E-state index contributed by atoms with van der Waals surface area (Å²) in [6.45, 7) is 3.45. The highest BCUT2D eigenvalue weighted by Crippen LogP contribution is 2.18. The molecule has 2 amide bonds. The van der Waals surface area contributed by atoms with Crippen LogP contribution in [0.1, 0.15) is 22.8 Å². The highest BCUT2D eigenvalue weighted by Gasteiger charge is 2.08. The van der Waals surface area contributed by atoms with Crippen LogP contribution in [0.5, 0.6) is 0 Å². The zero-order valence-electron chi connectivity index (χ0n) is 11.7. The van der Waals surface area contributed by atoms with Crippen molar-refractivity contribution in [1.82, 2.24) is 0 Å². The van der Waals surface area contributed by atoms with E-state index in [9.17, 15) is 9.59 Å². The highest BCUT2D eigenvalue weighted by atomic mass is 127. The number of hydrogen-bond acceptors (Lipinski definition) is 2. The normalized spacial score (nSPS) is 10.0. The fraction of sp³-hybridized carbons (Fsp3) is 0.125. The van der Waals surface area contributed by atoms with E-state index in [-0.39, 0.29) is 11.8 Å². The maximum Gasteiger partial charge on any atom is 0.255 e. The van der Waals surface area contributed by atoms with E-state index in [0.717, 1.165) is 9.26 Å². The Balaban J connectivity index is 2.16. The fourth-order valence-electron chi connectivity index (χ4n) is 1.82. The van der Waals surface area contributed by atoms with Gasteiger partial charge in [0.1, 0.15) is 0 Å². The molecule has 2 aromatic carbocycles. The molecule has 0 spiro atoms. The first-order valence-electron chi connectivity index (χ1n) is 6.41. The Morgan fingerprint density at radius 1 is 1.00 bits per heavy atom. The molecule has 2 aromatic rings. The molecule has 2 rings (SSSR count). The van der Waals surface area contributed by atoms with Crippen molar-refractivity contribution in [3.8, 4) is 0 Å². The number of carbonyl (C=O) groups excluding carboxylic acids is 2. The predicted molar refractivity (Wildman–Crippen MR) is 92.6 cm³/mol. The molecule has 0 aliphatic rings. The standard InChI is InChI=1S/C16H15IN2O2/c1-10-6-7-14(9-15(10)17)19-16(21)12-4-3-5-13(8-12)18-11(2)20/h3-9H,1-2H3,(H,18,20)(H,19,21). The van der Waals surface area contributed by atoms with Crippen LogP contribution in [0, 0.1) is 10.5 Å². The molecule has 0 bridgehead atoms. The average molecular weight is 394 g/mol. The van der Waals surface area contributed by atoms with Crippen LogP contribution in [0.3, 0.4) is 0 Å². The van der Waals surface area contributed by atoms with Crippen LogP contribution in [0.15, 0.2) is 42.5 Å². The molecule has 0 heterocycles. The van der Waals surface area contributed by atoms with Gasteiger partial charge in [-0.25, -0.2) is 0 Å². The molecule has 0 saturated heterocycles. The number of hydrogen-bond donors (Lipinski definition) is 2. The first-order valence-corrected chi connectivity index (χ1v) is 7.49. The van der Waals surface area contributed by atoms with E-state index in [1.807, 2.05) is 25.1 Å². The van der Waals surface area contributed by atoms with Crippen molar-refractivity contribution in [3.63, 3.8) is 0 Å². The molecule has 0 fully saturated rings. The molecule has 0 aliphatic heterocycles. The van der Waals surface area contributed by atoms with Gasteiger partial charge in [-0.05, 0) is 65.4 Å². The van der Waals surface area contributed by atoms with Gasteiger partial charge in [-0.1, -0.05) is 12.1 Å². The molecule has 0 aromatic heterocycles. The highest BCUT2D eigenvalue weighted by molar-refractivity contribution is 14.1. The van der Waals surface area contributed by atoms with E-state index < -0.39 is 0 Å². The first-order chi connectivity index (χ1) is 9.95. The van der Waals surface area contributed by atoms with Crippen LogP contribution >= 0.6 is 22.6 Å². The van der Waals surface area contributed by atoms with E-state index in [1.165, 1.54) is 12.5 Å². The van der Waals surface area contributed by atoms with Gasteiger partial charge < -0.3 is 10.6 Å². The van der Waals surface area contributed by atoms with E-state index in [4.69, 9.17) is 0 Å². The molecule has 0 radical (unpaired) electrons. The van der Waals surface area contributed by atoms with Gasteiger partial charge in [0.25, 0.3) is 5.91 Å². The molecule has 21 heavy (non-hydrogen) atoms. The molecule has 108 valence electrons. The van der Waals surface area contributed by atoms with Gasteiger partial charge in [0.15, 0.2) is 0 Å². The van der Waals surface area contributed by atoms with Gasteiger partial charge in [-0.15, -0.1) is 0 Å². The Morgan fingerprint density at radius 3 is 2.38 bits per heavy atom. The summed E-state index contributed by atoms with van der Waals surface area (Å²) in [6.07, 6.45) is 0. The second kappa shape index (κ2) is 6.71. The van der Waals surface area contributed by atoms with Crippen molar-refractivity contribution in [3.05, 3.63) is 57.2 Å². The lowest BCUT2D eigenvalue weighted by atomic mass is 10.1. The van der Waals surface area contributed by atoms with Crippen LogP contribution < -0.4 is 10.6 Å². The fourth-order valence-corrected chi connectivity index (χ4v) is 2.33. The Morgan fingerprint density at radius 2 is 1.71 bits per heavy atom. The van der Waals surface area contributed by atoms with Gasteiger partial charge in [0.05, 0.1) is 0 Å². The van der Waals surface area contributed by atoms with Gasteiger partial charge in [-0.3, -0.25) is 9.59 Å². The molecule has 0 unspecified atom stereocenters. The maximum atomic E-state index is 12.2. The van der Waals surface area contributed by atoms with Crippen LogP contribution in [0.2, 0.25) is 0 Å². The average Bonchev–Trinajstić information content (AvgIpc) is 2.42. The number of aryl methyl sites for hydroxylation is 1. The second-order valence-corrected chi connectivity index (χ2v) is 5.84. The largest absolute Gasteiger partial charge is 0.326 e. The molecule has 0 aliphatic carbocycles. The van der Waals surface area contributed by atoms with Crippen molar-refractivity contribution in [2.45, 2.75) is 13.8 Å². The SMILES string of the molecule is CC(=O)Nc1cccc(C(=O)Nc2ccc(C)c(I)c2)c1. The quantitative estimate of drug-likeness (QED) is 0.778. The summed E-state index contributed by atoms with van der Waals surface area (Å²) in [5.41, 5.74) is 3.02. The third kappa shape index (κ3) is 4.29. The van der Waals surface area contributed by atoms with Crippen molar-refractivity contribution < 1.29 is 9.59 Å². The van der Waals surface area contributed by atoms with Crippen molar-refractivity contribution in [2.75, 3.05) is 10.6 Å². The minimum atomic E-state index is -0.207. The first kappa shape index (κ1) is 15.5. The molecular formula is C16H15IN2O2. The lowest BCUT2D eigenvalue weighted by Gasteiger charge is -2.08. The zero-order chi connectivity index (χ0) is 15.4. The summed E-state index contributed by atoms with van der Waals surface area (Å²) >= 11 is 2.23. The number of halogens is 1. The van der Waals surface area contributed by atoms with Crippen molar-refractivity contribution in [1.29, 1.82) is 0 Å². The number of nitrogens with one attached hydrogen (secondary N) is 2. The van der Waals surface area contributed by atoms with Gasteiger partial charge in [0, 0.05) is 27.4 Å². The van der Waals surface area contributed by atoms with Gasteiger partial charge in [-0.2, -0.15) is 0 Å². The van der Waals surface area contributed by atoms with Gasteiger partial charge >= 0.3 is 0 Å². The second-order valence-electron chi connectivity index (χ2n) is 4.68. The van der Waals surface area contributed by atoms with Gasteiger partial charge in [0.2, 0.25) is 5.91 Å². The number of carbonyl (C=O) groups is 2. The number of amides is 2. The number of anilines is 2. The Hall–Kier alpha value is -1.89. The summed E-state index contributed by atoms with van der Waals surface area (Å²) in [6, 6.07) is 12.6. The monoisotopic (exact) mass is 394 g/mol. The zero-order valence-corrected chi connectivity index (χ0v) is 13.9. The van der Waals surface area contributed by atoms with E-state index >= 15 is 0 Å². The summed E-state index contributed by atoms with van der Waals surface area (Å²) < 4.78 is 1.09. The Bertz CT molecular complexity index is 698. The summed E-state index contributed by atoms with van der Waals surface area (Å²) in [4.78, 5) is 23.3. The third-order valence-electron chi connectivity index (χ3n) is 2.87. The van der Waals surface area contributed by atoms with Crippen LogP contribution in [-0.2, 0) is 4.79 Å². The predicted octanol–water partition coefficient (Wildman–Crippen LogP) is 3.81. The van der Waals surface area contributed by atoms with Crippen molar-refractivity contribution in [2.24, 2.45) is 0 Å². The van der Waals surface area contributed by atoms with Crippen LogP contribution in [0.25, 0.3) is 0 Å². The minimum absolute atomic E-state index is 0.166. The molecule has 5 heteroatoms.